The van der Waals surface area contributed by atoms with Crippen LogP contribution >= 0.6 is 11.6 Å². The number of piperidine rings is 1. The molecular weight excluding hydrogens is 212 g/mol. The van der Waals surface area contributed by atoms with E-state index in [-0.39, 0.29) is 11.3 Å². The van der Waals surface area contributed by atoms with E-state index in [1.807, 2.05) is 4.90 Å². The van der Waals surface area contributed by atoms with Gasteiger partial charge in [0.25, 0.3) is 5.91 Å². The number of likely N-dealkylation sites (tertiary alicyclic amines) is 1. The first-order valence-corrected chi connectivity index (χ1v) is 5.54. The van der Waals surface area contributed by atoms with Gasteiger partial charge < -0.3 is 4.90 Å². The molecule has 1 aliphatic rings. The molecule has 15 heavy (non-hydrogen) atoms. The molecule has 1 aromatic heterocycles. The van der Waals surface area contributed by atoms with Gasteiger partial charge in [-0.2, -0.15) is 0 Å². The van der Waals surface area contributed by atoms with Crippen molar-refractivity contribution in [3.63, 3.8) is 0 Å². The third-order valence-corrected chi connectivity index (χ3v) is 3.06. The van der Waals surface area contributed by atoms with E-state index in [2.05, 4.69) is 4.98 Å². The van der Waals surface area contributed by atoms with Crippen LogP contribution in [0.1, 0.15) is 23.2 Å². The van der Waals surface area contributed by atoms with Crippen molar-refractivity contribution in [1.29, 1.82) is 0 Å². The van der Waals surface area contributed by atoms with Gasteiger partial charge in [-0.05, 0) is 25.0 Å². The number of nitrogens with zero attached hydrogens (tertiary/aromatic N) is 2. The first-order valence-electron chi connectivity index (χ1n) is 5.11. The lowest BCUT2D eigenvalue weighted by atomic mass is 10.1. The van der Waals surface area contributed by atoms with Crippen LogP contribution in [0.3, 0.4) is 0 Å². The van der Waals surface area contributed by atoms with Crippen LogP contribution in [0.15, 0.2) is 24.5 Å². The number of amides is 1. The molecule has 0 unspecified atom stereocenters. The lowest BCUT2D eigenvalue weighted by Crippen LogP contribution is -2.38. The van der Waals surface area contributed by atoms with Crippen molar-refractivity contribution in [2.24, 2.45) is 0 Å². The van der Waals surface area contributed by atoms with Crippen molar-refractivity contribution >= 4 is 17.5 Å². The summed E-state index contributed by atoms with van der Waals surface area (Å²) in [6.45, 7) is 1.50. The van der Waals surface area contributed by atoms with Gasteiger partial charge in [0.2, 0.25) is 0 Å². The van der Waals surface area contributed by atoms with Crippen LogP contribution in [0.5, 0.6) is 0 Å². The predicted molar refractivity (Wildman–Crippen MR) is 59.0 cm³/mol. The number of carbonyl (C=O) groups is 1. The van der Waals surface area contributed by atoms with E-state index >= 15 is 0 Å². The van der Waals surface area contributed by atoms with Gasteiger partial charge in [-0.25, -0.2) is 0 Å². The normalized spacial score (nSPS) is 17.8. The fourth-order valence-corrected chi connectivity index (χ4v) is 1.92. The largest absolute Gasteiger partial charge is 0.338 e. The van der Waals surface area contributed by atoms with Crippen molar-refractivity contribution in [2.45, 2.75) is 18.2 Å². The second-order valence-electron chi connectivity index (χ2n) is 3.71. The fourth-order valence-electron chi connectivity index (χ4n) is 1.72. The maximum Gasteiger partial charge on any atom is 0.255 e. The molecule has 80 valence electrons. The van der Waals surface area contributed by atoms with Crippen molar-refractivity contribution in [1.82, 2.24) is 9.88 Å². The zero-order valence-corrected chi connectivity index (χ0v) is 9.15. The number of hydrogen-bond donors (Lipinski definition) is 0. The lowest BCUT2D eigenvalue weighted by Gasteiger charge is -2.29. The summed E-state index contributed by atoms with van der Waals surface area (Å²) in [6, 6.07) is 3.57. The molecule has 1 fully saturated rings. The third-order valence-electron chi connectivity index (χ3n) is 2.62. The summed E-state index contributed by atoms with van der Waals surface area (Å²) in [7, 11) is 0. The van der Waals surface area contributed by atoms with Gasteiger partial charge in [0, 0.05) is 30.9 Å². The highest BCUT2D eigenvalue weighted by molar-refractivity contribution is 6.20. The van der Waals surface area contributed by atoms with Crippen molar-refractivity contribution < 1.29 is 4.79 Å². The number of aromatic nitrogens is 1. The summed E-state index contributed by atoms with van der Waals surface area (Å²) in [5.74, 6) is 0.0617. The fraction of sp³-hybridized carbons (Fsp3) is 0.455. The summed E-state index contributed by atoms with van der Waals surface area (Å²) >= 11 is 5.98. The van der Waals surface area contributed by atoms with Crippen LogP contribution in [0.2, 0.25) is 0 Å². The summed E-state index contributed by atoms with van der Waals surface area (Å²) in [6.07, 6.45) is 5.04. The second-order valence-corrected chi connectivity index (χ2v) is 4.33. The third kappa shape index (κ3) is 2.48. The molecule has 3 nitrogen and oxygen atoms in total. The van der Waals surface area contributed by atoms with Crippen LogP contribution in [0.25, 0.3) is 0 Å². The molecule has 0 aliphatic carbocycles. The number of rotatable bonds is 1. The Bertz CT molecular complexity index is 334. The zero-order chi connectivity index (χ0) is 10.7. The van der Waals surface area contributed by atoms with Gasteiger partial charge in [-0.3, -0.25) is 9.78 Å². The minimum absolute atomic E-state index is 0.0617. The molecule has 0 spiro atoms. The smallest absolute Gasteiger partial charge is 0.255 e. The number of hydrogen-bond acceptors (Lipinski definition) is 2. The number of carbonyl (C=O) groups excluding carboxylic acids is 1. The summed E-state index contributed by atoms with van der Waals surface area (Å²) in [5.41, 5.74) is 0.658. The predicted octanol–water partition coefficient (Wildman–Crippen LogP) is 1.93. The highest BCUT2D eigenvalue weighted by atomic mass is 35.5. The molecule has 1 amide bonds. The van der Waals surface area contributed by atoms with Gasteiger partial charge in [-0.15, -0.1) is 11.6 Å². The van der Waals surface area contributed by atoms with Gasteiger partial charge in [-0.1, -0.05) is 0 Å². The average Bonchev–Trinajstić information content (AvgIpc) is 2.30. The molecule has 1 saturated heterocycles. The van der Waals surface area contributed by atoms with Gasteiger partial charge >= 0.3 is 0 Å². The Balaban J connectivity index is 2.03. The highest BCUT2D eigenvalue weighted by Gasteiger charge is 2.22. The van der Waals surface area contributed by atoms with Crippen LogP contribution in [-0.4, -0.2) is 34.3 Å². The van der Waals surface area contributed by atoms with Crippen molar-refractivity contribution in [2.75, 3.05) is 13.1 Å². The minimum atomic E-state index is 0.0617. The average molecular weight is 225 g/mol. The molecule has 0 atom stereocenters. The first kappa shape index (κ1) is 10.4. The number of halogens is 1. The molecule has 0 radical (unpaired) electrons. The quantitative estimate of drug-likeness (QED) is 0.683. The summed E-state index contributed by atoms with van der Waals surface area (Å²) in [4.78, 5) is 17.7. The summed E-state index contributed by atoms with van der Waals surface area (Å²) < 4.78 is 0. The maximum absolute atomic E-state index is 11.9. The molecule has 1 aromatic rings. The topological polar surface area (TPSA) is 33.2 Å². The van der Waals surface area contributed by atoms with Gasteiger partial charge in [0.05, 0.1) is 5.56 Å². The molecule has 2 heterocycles. The molecule has 1 aliphatic heterocycles. The Morgan fingerprint density at radius 1 is 1.47 bits per heavy atom. The van der Waals surface area contributed by atoms with E-state index < -0.39 is 0 Å². The molecule has 0 N–H and O–H groups in total. The Kier molecular flexibility index (Phi) is 3.21. The minimum Gasteiger partial charge on any atom is -0.338 e. The Hall–Kier alpha value is -1.09. The van der Waals surface area contributed by atoms with Crippen LogP contribution in [0, 0.1) is 0 Å². The Morgan fingerprint density at radius 3 is 2.80 bits per heavy atom. The first-order chi connectivity index (χ1) is 7.27. The van der Waals surface area contributed by atoms with E-state index in [1.54, 1.807) is 24.5 Å². The van der Waals surface area contributed by atoms with E-state index in [4.69, 9.17) is 11.6 Å². The highest BCUT2D eigenvalue weighted by Crippen LogP contribution is 2.17. The number of alkyl halides is 1. The van der Waals surface area contributed by atoms with E-state index in [0.29, 0.717) is 5.56 Å². The maximum atomic E-state index is 11.9. The SMILES string of the molecule is O=C(c1cccnc1)N1CCC(Cl)CC1. The molecule has 4 heteroatoms. The van der Waals surface area contributed by atoms with E-state index in [0.717, 1.165) is 25.9 Å². The molecule has 2 rings (SSSR count). The standard InChI is InChI=1S/C11H13ClN2O/c12-10-3-6-14(7-4-10)11(15)9-2-1-5-13-8-9/h1-2,5,8,10H,3-4,6-7H2. The Labute approximate surface area is 94.1 Å². The monoisotopic (exact) mass is 224 g/mol. The van der Waals surface area contributed by atoms with Crippen LogP contribution in [-0.2, 0) is 0 Å². The second kappa shape index (κ2) is 4.62. The van der Waals surface area contributed by atoms with Crippen LogP contribution in [0.4, 0.5) is 0 Å². The van der Waals surface area contributed by atoms with Gasteiger partial charge in [0.1, 0.15) is 0 Å². The van der Waals surface area contributed by atoms with Crippen molar-refractivity contribution in [3.8, 4) is 0 Å². The number of pyridine rings is 1. The lowest BCUT2D eigenvalue weighted by molar-refractivity contribution is 0.0726. The Morgan fingerprint density at radius 2 is 2.20 bits per heavy atom. The molecular formula is C11H13ClN2O. The van der Waals surface area contributed by atoms with E-state index in [1.165, 1.54) is 0 Å². The van der Waals surface area contributed by atoms with Gasteiger partial charge in [0.15, 0.2) is 0 Å². The van der Waals surface area contributed by atoms with Crippen LogP contribution < -0.4 is 0 Å². The molecule has 0 saturated carbocycles. The molecule has 0 aromatic carbocycles. The van der Waals surface area contributed by atoms with Crippen molar-refractivity contribution in [3.05, 3.63) is 30.1 Å². The summed E-state index contributed by atoms with van der Waals surface area (Å²) in [5, 5.41) is 0.225. The zero-order valence-electron chi connectivity index (χ0n) is 8.40. The van der Waals surface area contributed by atoms with E-state index in [9.17, 15) is 4.79 Å². The molecule has 0 bridgehead atoms.